The number of methoxy groups -OCH3 is 1. The third-order valence-corrected chi connectivity index (χ3v) is 4.34. The SMILES string of the molecule is COc1c(O)cc(C(C)C)cc1C1(C(=O)O)CCCC1. The summed E-state index contributed by atoms with van der Waals surface area (Å²) in [6, 6.07) is 3.56. The predicted molar refractivity (Wildman–Crippen MR) is 76.5 cm³/mol. The molecular formula is C16H22O4. The van der Waals surface area contributed by atoms with Gasteiger partial charge in [-0.15, -0.1) is 0 Å². The lowest BCUT2D eigenvalue weighted by molar-refractivity contribution is -0.143. The lowest BCUT2D eigenvalue weighted by Gasteiger charge is -2.28. The number of hydrogen-bond acceptors (Lipinski definition) is 3. The second-order valence-electron chi connectivity index (χ2n) is 5.87. The highest BCUT2D eigenvalue weighted by Gasteiger charge is 2.45. The monoisotopic (exact) mass is 278 g/mol. The summed E-state index contributed by atoms with van der Waals surface area (Å²) in [5.41, 5.74) is 0.632. The summed E-state index contributed by atoms with van der Waals surface area (Å²) in [5.74, 6) is -0.272. The molecule has 0 atom stereocenters. The van der Waals surface area contributed by atoms with Crippen LogP contribution >= 0.6 is 0 Å². The molecule has 1 fully saturated rings. The number of carboxylic acid groups (broad SMARTS) is 1. The molecule has 1 aromatic carbocycles. The number of hydrogen-bond donors (Lipinski definition) is 2. The van der Waals surface area contributed by atoms with Gasteiger partial charge in [-0.1, -0.05) is 32.8 Å². The van der Waals surface area contributed by atoms with E-state index in [2.05, 4.69) is 0 Å². The quantitative estimate of drug-likeness (QED) is 0.885. The van der Waals surface area contributed by atoms with Crippen molar-refractivity contribution in [3.05, 3.63) is 23.3 Å². The number of phenols is 1. The molecule has 0 bridgehead atoms. The third kappa shape index (κ3) is 2.23. The van der Waals surface area contributed by atoms with Crippen LogP contribution in [0.3, 0.4) is 0 Å². The van der Waals surface area contributed by atoms with Crippen LogP contribution in [0.15, 0.2) is 12.1 Å². The summed E-state index contributed by atoms with van der Waals surface area (Å²) in [6.45, 7) is 4.04. The van der Waals surface area contributed by atoms with Crippen LogP contribution in [0.1, 0.15) is 56.6 Å². The van der Waals surface area contributed by atoms with E-state index in [1.807, 2.05) is 19.9 Å². The normalized spacial score (nSPS) is 17.4. The summed E-state index contributed by atoms with van der Waals surface area (Å²) >= 11 is 0. The Bertz CT molecular complexity index is 513. The topological polar surface area (TPSA) is 66.8 Å². The summed E-state index contributed by atoms with van der Waals surface area (Å²) in [6.07, 6.45) is 2.98. The second kappa shape index (κ2) is 5.35. The van der Waals surface area contributed by atoms with Crippen molar-refractivity contribution in [1.82, 2.24) is 0 Å². The van der Waals surface area contributed by atoms with Crippen molar-refractivity contribution >= 4 is 5.97 Å². The van der Waals surface area contributed by atoms with Gasteiger partial charge in [-0.3, -0.25) is 4.79 Å². The first-order valence-electron chi connectivity index (χ1n) is 7.07. The number of carbonyl (C=O) groups is 1. The number of ether oxygens (including phenoxy) is 1. The van der Waals surface area contributed by atoms with Gasteiger partial charge in [0.1, 0.15) is 0 Å². The standard InChI is InChI=1S/C16H22O4/c1-10(2)11-8-12(14(20-3)13(17)9-11)16(15(18)19)6-4-5-7-16/h8-10,17H,4-7H2,1-3H3,(H,18,19). The van der Waals surface area contributed by atoms with Gasteiger partial charge in [0.05, 0.1) is 12.5 Å². The summed E-state index contributed by atoms with van der Waals surface area (Å²) in [5, 5.41) is 19.9. The van der Waals surface area contributed by atoms with Crippen LogP contribution in [0.25, 0.3) is 0 Å². The van der Waals surface area contributed by atoms with Crippen LogP contribution < -0.4 is 4.74 Å². The fourth-order valence-corrected chi connectivity index (χ4v) is 3.12. The lowest BCUT2D eigenvalue weighted by atomic mass is 9.77. The first-order valence-corrected chi connectivity index (χ1v) is 7.07. The van der Waals surface area contributed by atoms with Crippen LogP contribution in [-0.2, 0) is 10.2 Å². The molecule has 0 aromatic heterocycles. The minimum atomic E-state index is -0.923. The van der Waals surface area contributed by atoms with Gasteiger partial charge in [0.15, 0.2) is 11.5 Å². The van der Waals surface area contributed by atoms with E-state index in [4.69, 9.17) is 4.74 Å². The number of aliphatic carboxylic acids is 1. The molecule has 4 heteroatoms. The van der Waals surface area contributed by atoms with Gasteiger partial charge in [0.2, 0.25) is 0 Å². The Balaban J connectivity index is 2.67. The summed E-state index contributed by atoms with van der Waals surface area (Å²) in [4.78, 5) is 11.8. The number of rotatable bonds is 4. The maximum Gasteiger partial charge on any atom is 0.314 e. The molecule has 0 radical (unpaired) electrons. The first-order chi connectivity index (χ1) is 9.42. The van der Waals surface area contributed by atoms with Crippen LogP contribution in [0.4, 0.5) is 0 Å². The number of benzene rings is 1. The lowest BCUT2D eigenvalue weighted by Crippen LogP contribution is -2.33. The molecule has 2 N–H and O–H groups in total. The Hall–Kier alpha value is -1.71. The van der Waals surface area contributed by atoms with Crippen LogP contribution in [-0.4, -0.2) is 23.3 Å². The minimum Gasteiger partial charge on any atom is -0.504 e. The van der Waals surface area contributed by atoms with Gasteiger partial charge in [0.25, 0.3) is 0 Å². The number of carboxylic acids is 1. The molecule has 0 saturated heterocycles. The molecule has 0 aliphatic heterocycles. The molecule has 0 spiro atoms. The summed E-state index contributed by atoms with van der Waals surface area (Å²) in [7, 11) is 1.47. The Morgan fingerprint density at radius 2 is 1.90 bits per heavy atom. The Morgan fingerprint density at radius 3 is 2.35 bits per heavy atom. The van der Waals surface area contributed by atoms with Crippen molar-refractivity contribution < 1.29 is 19.7 Å². The Morgan fingerprint density at radius 1 is 1.30 bits per heavy atom. The van der Waals surface area contributed by atoms with Crippen molar-refractivity contribution in [3.8, 4) is 11.5 Å². The number of phenolic OH excluding ortho intramolecular Hbond substituents is 1. The fourth-order valence-electron chi connectivity index (χ4n) is 3.12. The highest BCUT2D eigenvalue weighted by atomic mass is 16.5. The van der Waals surface area contributed by atoms with E-state index in [0.29, 0.717) is 24.2 Å². The maximum absolute atomic E-state index is 11.8. The molecule has 2 rings (SSSR count). The highest BCUT2D eigenvalue weighted by molar-refractivity contribution is 5.83. The number of aromatic hydroxyl groups is 1. The smallest absolute Gasteiger partial charge is 0.314 e. The average molecular weight is 278 g/mol. The molecule has 20 heavy (non-hydrogen) atoms. The van der Waals surface area contributed by atoms with E-state index in [0.717, 1.165) is 18.4 Å². The van der Waals surface area contributed by atoms with Gasteiger partial charge in [-0.25, -0.2) is 0 Å². The fraction of sp³-hybridized carbons (Fsp3) is 0.562. The zero-order valence-electron chi connectivity index (χ0n) is 12.3. The van der Waals surface area contributed by atoms with Gasteiger partial charge in [-0.05, 0) is 30.4 Å². The van der Waals surface area contributed by atoms with Crippen molar-refractivity contribution in [2.75, 3.05) is 7.11 Å². The molecule has 1 aliphatic rings. The molecule has 0 amide bonds. The van der Waals surface area contributed by atoms with E-state index in [1.54, 1.807) is 6.07 Å². The van der Waals surface area contributed by atoms with Gasteiger partial charge in [-0.2, -0.15) is 0 Å². The molecule has 1 aromatic rings. The second-order valence-corrected chi connectivity index (χ2v) is 5.87. The maximum atomic E-state index is 11.8. The Kier molecular flexibility index (Phi) is 3.93. The Labute approximate surface area is 119 Å². The van der Waals surface area contributed by atoms with Crippen molar-refractivity contribution in [3.63, 3.8) is 0 Å². The van der Waals surface area contributed by atoms with E-state index in [-0.39, 0.29) is 11.7 Å². The van der Waals surface area contributed by atoms with Crippen molar-refractivity contribution in [1.29, 1.82) is 0 Å². The van der Waals surface area contributed by atoms with E-state index in [9.17, 15) is 15.0 Å². The minimum absolute atomic E-state index is 0.0289. The molecular weight excluding hydrogens is 256 g/mol. The highest BCUT2D eigenvalue weighted by Crippen LogP contribution is 2.48. The first kappa shape index (κ1) is 14.7. The predicted octanol–water partition coefficient (Wildman–Crippen LogP) is 3.42. The molecule has 1 saturated carbocycles. The van der Waals surface area contributed by atoms with Gasteiger partial charge < -0.3 is 14.9 Å². The molecule has 1 aliphatic carbocycles. The van der Waals surface area contributed by atoms with Gasteiger partial charge >= 0.3 is 5.97 Å². The van der Waals surface area contributed by atoms with Crippen LogP contribution in [0.2, 0.25) is 0 Å². The van der Waals surface area contributed by atoms with Crippen LogP contribution in [0.5, 0.6) is 11.5 Å². The summed E-state index contributed by atoms with van der Waals surface area (Å²) < 4.78 is 5.29. The largest absolute Gasteiger partial charge is 0.504 e. The zero-order chi connectivity index (χ0) is 14.9. The third-order valence-electron chi connectivity index (χ3n) is 4.34. The molecule has 110 valence electrons. The van der Waals surface area contributed by atoms with Crippen LogP contribution in [0, 0.1) is 0 Å². The zero-order valence-corrected chi connectivity index (χ0v) is 12.3. The molecule has 0 heterocycles. The van der Waals surface area contributed by atoms with E-state index < -0.39 is 11.4 Å². The van der Waals surface area contributed by atoms with E-state index in [1.165, 1.54) is 7.11 Å². The molecule has 4 nitrogen and oxygen atoms in total. The van der Waals surface area contributed by atoms with E-state index >= 15 is 0 Å². The molecule has 0 unspecified atom stereocenters. The average Bonchev–Trinajstić information content (AvgIpc) is 2.88. The van der Waals surface area contributed by atoms with Gasteiger partial charge in [0, 0.05) is 5.56 Å². The van der Waals surface area contributed by atoms with Crippen molar-refractivity contribution in [2.45, 2.75) is 50.9 Å². The van der Waals surface area contributed by atoms with Crippen molar-refractivity contribution in [2.24, 2.45) is 0 Å².